The maximum absolute atomic E-state index is 4.23. The highest BCUT2D eigenvalue weighted by molar-refractivity contribution is 5.59. The normalized spacial score (nSPS) is 12.1. The van der Waals surface area contributed by atoms with Crippen LogP contribution < -0.4 is 0 Å². The minimum atomic E-state index is 1.06. The maximum atomic E-state index is 4.23. The highest BCUT2D eigenvalue weighted by atomic mass is 15.2. The van der Waals surface area contributed by atoms with Crippen LogP contribution in [-0.4, -0.2) is 9.78 Å². The number of hydrogen-bond acceptors (Lipinski definition) is 1. The van der Waals surface area contributed by atoms with Gasteiger partial charge >= 0.3 is 0 Å². The topological polar surface area (TPSA) is 17.8 Å². The van der Waals surface area contributed by atoms with E-state index in [2.05, 4.69) is 18.1 Å². The molecule has 0 bridgehead atoms. The molecule has 1 aromatic rings. The molecule has 0 aliphatic heterocycles. The smallest absolute Gasteiger partial charge is 0.0876 e. The molecule has 0 aliphatic rings. The minimum Gasteiger partial charge on any atom is -0.275 e. The summed E-state index contributed by atoms with van der Waals surface area (Å²) >= 11 is 0. The van der Waals surface area contributed by atoms with E-state index in [4.69, 9.17) is 0 Å². The molecule has 0 atom stereocenters. The first-order valence-corrected chi connectivity index (χ1v) is 3.37. The Labute approximate surface area is 61.2 Å². The zero-order valence-corrected chi connectivity index (χ0v) is 6.63. The van der Waals surface area contributed by atoms with Crippen molar-refractivity contribution in [1.29, 1.82) is 0 Å². The van der Waals surface area contributed by atoms with Crippen LogP contribution in [0.2, 0.25) is 0 Å². The SMILES string of the molecule is C/C=C(\C)c1ccn(C)n1. The zero-order valence-electron chi connectivity index (χ0n) is 6.63. The molecule has 1 aromatic heterocycles. The first-order valence-electron chi connectivity index (χ1n) is 3.37. The van der Waals surface area contributed by atoms with Crippen LogP contribution in [0.3, 0.4) is 0 Å². The lowest BCUT2D eigenvalue weighted by molar-refractivity contribution is 0.763. The van der Waals surface area contributed by atoms with Crippen molar-refractivity contribution in [1.82, 2.24) is 9.78 Å². The van der Waals surface area contributed by atoms with E-state index in [1.165, 1.54) is 5.57 Å². The van der Waals surface area contributed by atoms with Crippen molar-refractivity contribution in [3.05, 3.63) is 24.0 Å². The summed E-state index contributed by atoms with van der Waals surface area (Å²) in [6, 6.07) is 2.01. The fourth-order valence-electron chi connectivity index (χ4n) is 0.773. The summed E-state index contributed by atoms with van der Waals surface area (Å²) in [5, 5.41) is 4.23. The highest BCUT2D eigenvalue weighted by Crippen LogP contribution is 2.08. The van der Waals surface area contributed by atoms with Crippen LogP contribution in [0.25, 0.3) is 5.57 Å². The van der Waals surface area contributed by atoms with E-state index in [1.54, 1.807) is 0 Å². The Kier molecular flexibility index (Phi) is 1.90. The molecule has 0 spiro atoms. The molecule has 10 heavy (non-hydrogen) atoms. The van der Waals surface area contributed by atoms with Gasteiger partial charge in [-0.3, -0.25) is 4.68 Å². The molecule has 0 unspecified atom stereocenters. The van der Waals surface area contributed by atoms with E-state index in [9.17, 15) is 0 Å². The van der Waals surface area contributed by atoms with E-state index >= 15 is 0 Å². The number of nitrogens with zero attached hydrogens (tertiary/aromatic N) is 2. The molecule has 0 saturated heterocycles. The molecule has 54 valence electrons. The molecular formula is C8H12N2. The van der Waals surface area contributed by atoms with Gasteiger partial charge in [-0.15, -0.1) is 0 Å². The van der Waals surface area contributed by atoms with Crippen LogP contribution in [0.4, 0.5) is 0 Å². The Morgan fingerprint density at radius 1 is 1.70 bits per heavy atom. The lowest BCUT2D eigenvalue weighted by Gasteiger charge is -1.91. The summed E-state index contributed by atoms with van der Waals surface area (Å²) < 4.78 is 1.81. The van der Waals surface area contributed by atoms with Gasteiger partial charge in [-0.2, -0.15) is 5.10 Å². The van der Waals surface area contributed by atoms with Crippen molar-refractivity contribution in [2.24, 2.45) is 7.05 Å². The largest absolute Gasteiger partial charge is 0.275 e. The van der Waals surface area contributed by atoms with Gasteiger partial charge < -0.3 is 0 Å². The molecule has 0 saturated carbocycles. The standard InChI is InChI=1S/C8H12N2/c1-4-7(2)8-5-6-10(3)9-8/h4-6H,1-3H3/b7-4+. The van der Waals surface area contributed by atoms with Gasteiger partial charge in [0, 0.05) is 13.2 Å². The molecule has 2 heteroatoms. The summed E-state index contributed by atoms with van der Waals surface area (Å²) in [7, 11) is 1.92. The van der Waals surface area contributed by atoms with Crippen LogP contribution in [0.1, 0.15) is 19.5 Å². The van der Waals surface area contributed by atoms with Crippen molar-refractivity contribution in [3.8, 4) is 0 Å². The second-order valence-electron chi connectivity index (χ2n) is 2.35. The summed E-state index contributed by atoms with van der Waals surface area (Å²) in [4.78, 5) is 0. The van der Waals surface area contributed by atoms with E-state index in [-0.39, 0.29) is 0 Å². The fraction of sp³-hybridized carbons (Fsp3) is 0.375. The number of rotatable bonds is 1. The van der Waals surface area contributed by atoms with Crippen molar-refractivity contribution in [2.75, 3.05) is 0 Å². The Morgan fingerprint density at radius 3 is 2.80 bits per heavy atom. The van der Waals surface area contributed by atoms with Gasteiger partial charge in [-0.25, -0.2) is 0 Å². The van der Waals surface area contributed by atoms with Crippen molar-refractivity contribution in [3.63, 3.8) is 0 Å². The molecular weight excluding hydrogens is 124 g/mol. The third-order valence-corrected chi connectivity index (χ3v) is 1.55. The first-order chi connectivity index (χ1) is 4.74. The van der Waals surface area contributed by atoms with Gasteiger partial charge in [0.1, 0.15) is 0 Å². The van der Waals surface area contributed by atoms with Gasteiger partial charge in [0.15, 0.2) is 0 Å². The zero-order chi connectivity index (χ0) is 7.56. The molecule has 0 amide bonds. The highest BCUT2D eigenvalue weighted by Gasteiger charge is 1.95. The fourth-order valence-corrected chi connectivity index (χ4v) is 0.773. The summed E-state index contributed by atoms with van der Waals surface area (Å²) in [5.74, 6) is 0. The molecule has 1 heterocycles. The molecule has 0 N–H and O–H groups in total. The van der Waals surface area contributed by atoms with Gasteiger partial charge in [-0.05, 0) is 25.5 Å². The van der Waals surface area contributed by atoms with Gasteiger partial charge in [-0.1, -0.05) is 6.08 Å². The van der Waals surface area contributed by atoms with E-state index < -0.39 is 0 Å². The number of aromatic nitrogens is 2. The number of aryl methyl sites for hydroxylation is 1. The lowest BCUT2D eigenvalue weighted by Crippen LogP contribution is -1.88. The van der Waals surface area contributed by atoms with E-state index in [0.717, 1.165) is 5.69 Å². The monoisotopic (exact) mass is 136 g/mol. The maximum Gasteiger partial charge on any atom is 0.0876 e. The second-order valence-corrected chi connectivity index (χ2v) is 2.35. The predicted molar refractivity (Wildman–Crippen MR) is 42.5 cm³/mol. The Morgan fingerprint density at radius 2 is 2.40 bits per heavy atom. The van der Waals surface area contributed by atoms with Crippen molar-refractivity contribution >= 4 is 5.57 Å². The summed E-state index contributed by atoms with van der Waals surface area (Å²) in [6.07, 6.45) is 4.00. The molecule has 0 fully saturated rings. The average molecular weight is 136 g/mol. The van der Waals surface area contributed by atoms with Gasteiger partial charge in [0.05, 0.1) is 5.69 Å². The minimum absolute atomic E-state index is 1.06. The Hall–Kier alpha value is -1.05. The lowest BCUT2D eigenvalue weighted by atomic mass is 10.2. The van der Waals surface area contributed by atoms with Crippen LogP contribution in [0.5, 0.6) is 0 Å². The Balaban J connectivity index is 2.95. The number of allylic oxidation sites excluding steroid dienone is 2. The van der Waals surface area contributed by atoms with Crippen LogP contribution in [-0.2, 0) is 7.05 Å². The van der Waals surface area contributed by atoms with Crippen LogP contribution in [0.15, 0.2) is 18.3 Å². The van der Waals surface area contributed by atoms with Crippen molar-refractivity contribution < 1.29 is 0 Å². The third kappa shape index (κ3) is 1.26. The number of hydrogen-bond donors (Lipinski definition) is 0. The summed E-state index contributed by atoms with van der Waals surface area (Å²) in [5.41, 5.74) is 2.28. The predicted octanol–water partition coefficient (Wildman–Crippen LogP) is 1.84. The van der Waals surface area contributed by atoms with Crippen LogP contribution >= 0.6 is 0 Å². The first kappa shape index (κ1) is 7.06. The van der Waals surface area contributed by atoms with Crippen molar-refractivity contribution in [2.45, 2.75) is 13.8 Å². The molecule has 0 aliphatic carbocycles. The van der Waals surface area contributed by atoms with Crippen LogP contribution in [0, 0.1) is 0 Å². The second kappa shape index (κ2) is 2.69. The molecule has 0 aromatic carbocycles. The third-order valence-electron chi connectivity index (χ3n) is 1.55. The van der Waals surface area contributed by atoms with Gasteiger partial charge in [0.25, 0.3) is 0 Å². The molecule has 2 nitrogen and oxygen atoms in total. The molecule has 0 radical (unpaired) electrons. The van der Waals surface area contributed by atoms with E-state index in [1.807, 2.05) is 30.9 Å². The van der Waals surface area contributed by atoms with E-state index in [0.29, 0.717) is 0 Å². The molecule has 1 rings (SSSR count). The van der Waals surface area contributed by atoms with Gasteiger partial charge in [0.2, 0.25) is 0 Å². The quantitative estimate of drug-likeness (QED) is 0.576. The Bertz CT molecular complexity index is 246. The summed E-state index contributed by atoms with van der Waals surface area (Å²) in [6.45, 7) is 4.08. The average Bonchev–Trinajstić information content (AvgIpc) is 2.34.